The molecule has 0 radical (unpaired) electrons. The normalized spacial score (nSPS) is 11.7. The van der Waals surface area contributed by atoms with Gasteiger partial charge in [0, 0.05) is 5.16 Å². The Bertz CT molecular complexity index is 578. The molecule has 1 atom stereocenters. The molecule has 0 saturated carbocycles. The van der Waals surface area contributed by atoms with Crippen LogP contribution in [0.25, 0.3) is 0 Å². The summed E-state index contributed by atoms with van der Waals surface area (Å²) in [6.07, 6.45) is 8.48. The summed E-state index contributed by atoms with van der Waals surface area (Å²) in [5, 5.41) is 0.0225. The van der Waals surface area contributed by atoms with Crippen LogP contribution in [0, 0.1) is 0 Å². The van der Waals surface area contributed by atoms with Crippen molar-refractivity contribution in [1.82, 2.24) is 0 Å². The fourth-order valence-corrected chi connectivity index (χ4v) is 4.17. The maximum absolute atomic E-state index is 3.22. The molecule has 0 aliphatic heterocycles. The van der Waals surface area contributed by atoms with E-state index in [-0.39, 0.29) is 5.16 Å². The van der Waals surface area contributed by atoms with E-state index in [1.807, 2.05) is 0 Å². The van der Waals surface area contributed by atoms with E-state index in [9.17, 15) is 0 Å². The molecule has 0 spiro atoms. The Hall–Kier alpha value is -1.13. The van der Waals surface area contributed by atoms with Gasteiger partial charge in [-0.05, 0) is 54.4 Å². The van der Waals surface area contributed by atoms with Gasteiger partial charge in [0.2, 0.25) is 0 Å². The van der Waals surface area contributed by atoms with Crippen molar-refractivity contribution in [2.75, 3.05) is 0 Å². The summed E-state index contributed by atoms with van der Waals surface area (Å²) in [5.74, 6) is 0. The Labute approximate surface area is 151 Å². The highest BCUT2D eigenvalue weighted by Crippen LogP contribution is 2.45. The third-order valence-electron chi connectivity index (χ3n) is 5.15. The SMILES string of the molecule is CCCCc1ccccc1C(P)(CC)c1ccccc1CCCC. The predicted octanol–water partition coefficient (Wildman–Crippen LogP) is 6.90. The van der Waals surface area contributed by atoms with Gasteiger partial charge in [-0.25, -0.2) is 0 Å². The standard InChI is InChI=1S/C23H33P/c1-4-7-13-19-15-9-11-17-21(19)23(24,6-3)22-18-12-10-16-20(22)14-8-5-2/h9-12,15-18H,4-8,13-14,24H2,1-3H3. The summed E-state index contributed by atoms with van der Waals surface area (Å²) in [7, 11) is 3.22. The Balaban J connectivity index is 2.49. The number of aryl methyl sites for hydroxylation is 2. The molecule has 0 bridgehead atoms. The van der Waals surface area contributed by atoms with Crippen molar-refractivity contribution < 1.29 is 0 Å². The van der Waals surface area contributed by atoms with E-state index in [1.54, 1.807) is 0 Å². The smallest absolute Gasteiger partial charge is 0.0347 e. The molecule has 0 amide bonds. The number of unbranched alkanes of at least 4 members (excludes halogenated alkanes) is 2. The van der Waals surface area contributed by atoms with Gasteiger partial charge in [-0.15, -0.1) is 9.24 Å². The Morgan fingerprint density at radius 1 is 0.708 bits per heavy atom. The third-order valence-corrected chi connectivity index (χ3v) is 6.18. The van der Waals surface area contributed by atoms with Crippen LogP contribution in [0.2, 0.25) is 0 Å². The van der Waals surface area contributed by atoms with E-state index in [0.29, 0.717) is 0 Å². The lowest BCUT2D eigenvalue weighted by molar-refractivity contribution is 0.674. The highest BCUT2D eigenvalue weighted by molar-refractivity contribution is 7.19. The van der Waals surface area contributed by atoms with E-state index in [0.717, 1.165) is 6.42 Å². The Morgan fingerprint density at radius 3 is 1.50 bits per heavy atom. The van der Waals surface area contributed by atoms with Crippen LogP contribution in [0.5, 0.6) is 0 Å². The molecule has 0 aliphatic carbocycles. The van der Waals surface area contributed by atoms with Crippen LogP contribution in [0.1, 0.15) is 75.1 Å². The minimum absolute atomic E-state index is 0.0225. The Kier molecular flexibility index (Phi) is 7.50. The lowest BCUT2D eigenvalue weighted by atomic mass is 9.81. The van der Waals surface area contributed by atoms with Gasteiger partial charge in [0.1, 0.15) is 0 Å². The average molecular weight is 340 g/mol. The number of benzene rings is 2. The van der Waals surface area contributed by atoms with Crippen molar-refractivity contribution in [2.45, 2.75) is 70.9 Å². The fourth-order valence-electron chi connectivity index (χ4n) is 3.61. The first kappa shape index (κ1) is 19.2. The van der Waals surface area contributed by atoms with Crippen molar-refractivity contribution in [3.05, 3.63) is 70.8 Å². The van der Waals surface area contributed by atoms with Crippen LogP contribution in [0.3, 0.4) is 0 Å². The second-order valence-electron chi connectivity index (χ2n) is 6.85. The maximum Gasteiger partial charge on any atom is 0.0347 e. The highest BCUT2D eigenvalue weighted by Gasteiger charge is 2.30. The molecular formula is C23H33P. The zero-order chi connectivity index (χ0) is 17.4. The van der Waals surface area contributed by atoms with Crippen LogP contribution in [-0.2, 0) is 18.0 Å². The van der Waals surface area contributed by atoms with Crippen LogP contribution in [0.4, 0.5) is 0 Å². The molecule has 0 fully saturated rings. The summed E-state index contributed by atoms with van der Waals surface area (Å²) in [5.41, 5.74) is 6.02. The summed E-state index contributed by atoms with van der Waals surface area (Å²) in [4.78, 5) is 0. The Morgan fingerprint density at radius 2 is 1.12 bits per heavy atom. The van der Waals surface area contributed by atoms with Crippen LogP contribution >= 0.6 is 9.24 Å². The van der Waals surface area contributed by atoms with Gasteiger partial charge >= 0.3 is 0 Å². The van der Waals surface area contributed by atoms with Gasteiger partial charge in [0.25, 0.3) is 0 Å². The van der Waals surface area contributed by atoms with Gasteiger partial charge in [0.05, 0.1) is 0 Å². The minimum atomic E-state index is 0.0225. The van der Waals surface area contributed by atoms with Gasteiger partial charge < -0.3 is 0 Å². The summed E-state index contributed by atoms with van der Waals surface area (Å²) in [6.45, 7) is 6.87. The second-order valence-corrected chi connectivity index (χ2v) is 7.83. The molecule has 0 nitrogen and oxygen atoms in total. The minimum Gasteiger partial charge on any atom is -0.122 e. The first-order valence-corrected chi connectivity index (χ1v) is 10.2. The quantitative estimate of drug-likeness (QED) is 0.435. The fraction of sp³-hybridized carbons (Fsp3) is 0.478. The van der Waals surface area contributed by atoms with Crippen molar-refractivity contribution in [3.63, 3.8) is 0 Å². The monoisotopic (exact) mass is 340 g/mol. The second kappa shape index (κ2) is 9.38. The third kappa shape index (κ3) is 4.28. The number of hydrogen-bond donors (Lipinski definition) is 0. The van der Waals surface area contributed by atoms with Crippen LogP contribution < -0.4 is 0 Å². The molecule has 2 aromatic carbocycles. The van der Waals surface area contributed by atoms with E-state index in [2.05, 4.69) is 78.5 Å². The predicted molar refractivity (Wildman–Crippen MR) is 111 cm³/mol. The van der Waals surface area contributed by atoms with Gasteiger partial charge in [-0.1, -0.05) is 82.1 Å². The van der Waals surface area contributed by atoms with Crippen molar-refractivity contribution in [2.24, 2.45) is 0 Å². The summed E-state index contributed by atoms with van der Waals surface area (Å²) >= 11 is 0. The molecule has 0 heterocycles. The largest absolute Gasteiger partial charge is 0.122 e. The lowest BCUT2D eigenvalue weighted by Crippen LogP contribution is -2.22. The highest BCUT2D eigenvalue weighted by atomic mass is 31.0. The molecular weight excluding hydrogens is 307 g/mol. The number of hydrogen-bond acceptors (Lipinski definition) is 0. The van der Waals surface area contributed by atoms with E-state index in [1.165, 1.54) is 60.8 Å². The van der Waals surface area contributed by atoms with Gasteiger partial charge in [-0.3, -0.25) is 0 Å². The van der Waals surface area contributed by atoms with Crippen LogP contribution in [0.15, 0.2) is 48.5 Å². The first-order valence-electron chi connectivity index (χ1n) is 9.63. The summed E-state index contributed by atoms with van der Waals surface area (Å²) in [6, 6.07) is 18.1. The lowest BCUT2D eigenvalue weighted by Gasteiger charge is -2.33. The summed E-state index contributed by atoms with van der Waals surface area (Å²) < 4.78 is 0. The molecule has 0 saturated heterocycles. The molecule has 0 aromatic heterocycles. The zero-order valence-electron chi connectivity index (χ0n) is 15.6. The van der Waals surface area contributed by atoms with E-state index in [4.69, 9.17) is 0 Å². The van der Waals surface area contributed by atoms with Gasteiger partial charge in [0.15, 0.2) is 0 Å². The molecule has 0 N–H and O–H groups in total. The molecule has 130 valence electrons. The maximum atomic E-state index is 3.22. The van der Waals surface area contributed by atoms with Crippen molar-refractivity contribution in [3.8, 4) is 0 Å². The van der Waals surface area contributed by atoms with Crippen LogP contribution in [-0.4, -0.2) is 0 Å². The van der Waals surface area contributed by atoms with E-state index < -0.39 is 0 Å². The average Bonchev–Trinajstić information content (AvgIpc) is 2.64. The van der Waals surface area contributed by atoms with Crippen molar-refractivity contribution in [1.29, 1.82) is 0 Å². The molecule has 1 unspecified atom stereocenters. The molecule has 24 heavy (non-hydrogen) atoms. The molecule has 0 aliphatic rings. The molecule has 2 rings (SSSR count). The topological polar surface area (TPSA) is 0 Å². The first-order chi connectivity index (χ1) is 11.7. The molecule has 2 aromatic rings. The van der Waals surface area contributed by atoms with Crippen molar-refractivity contribution >= 4 is 9.24 Å². The van der Waals surface area contributed by atoms with Gasteiger partial charge in [-0.2, -0.15) is 0 Å². The molecule has 1 heteroatoms. The number of rotatable bonds is 9. The van der Waals surface area contributed by atoms with E-state index >= 15 is 0 Å². The zero-order valence-corrected chi connectivity index (χ0v) is 16.8.